The zero-order valence-corrected chi connectivity index (χ0v) is 11.4. The maximum absolute atomic E-state index is 13.4. The molecule has 2 atom stereocenters. The summed E-state index contributed by atoms with van der Waals surface area (Å²) in [4.78, 5) is 24.4. The van der Waals surface area contributed by atoms with E-state index < -0.39 is 29.8 Å². The number of benzene rings is 1. The van der Waals surface area contributed by atoms with Crippen molar-refractivity contribution >= 4 is 27.7 Å². The van der Waals surface area contributed by atoms with Gasteiger partial charge in [-0.15, -0.1) is 0 Å². The third-order valence-electron chi connectivity index (χ3n) is 3.01. The molecule has 1 aliphatic heterocycles. The Morgan fingerprint density at radius 2 is 2.11 bits per heavy atom. The second kappa shape index (κ2) is 5.24. The van der Waals surface area contributed by atoms with Gasteiger partial charge < -0.3 is 10.6 Å². The third kappa shape index (κ3) is 2.75. The molecule has 4 nitrogen and oxygen atoms in total. The molecule has 1 aromatic rings. The number of carbonyl (C=O) groups excluding carboxylic acids is 2. The monoisotopic (exact) mass is 332 g/mol. The van der Waals surface area contributed by atoms with E-state index >= 15 is 0 Å². The van der Waals surface area contributed by atoms with Crippen LogP contribution >= 0.6 is 15.9 Å². The molecular formula is C12H11BrF2N2O2. The summed E-state index contributed by atoms with van der Waals surface area (Å²) in [6.45, 7) is -0.204. The summed E-state index contributed by atoms with van der Waals surface area (Å²) in [7, 11) is 0. The van der Waals surface area contributed by atoms with Crippen LogP contribution in [0.15, 0.2) is 22.7 Å². The van der Waals surface area contributed by atoms with Gasteiger partial charge in [-0.1, -0.05) is 0 Å². The molecule has 2 N–H and O–H groups in total. The molecule has 1 saturated heterocycles. The maximum Gasteiger partial charge on any atom is 0.254 e. The first-order chi connectivity index (χ1) is 8.90. The summed E-state index contributed by atoms with van der Waals surface area (Å²) in [5.74, 6) is -1.96. The molecule has 7 heteroatoms. The Labute approximate surface area is 116 Å². The van der Waals surface area contributed by atoms with Gasteiger partial charge in [0.05, 0.1) is 11.0 Å². The summed E-state index contributed by atoms with van der Waals surface area (Å²) in [6.07, 6.45) is -1.40. The molecule has 0 saturated carbocycles. The van der Waals surface area contributed by atoms with Crippen molar-refractivity contribution in [3.8, 4) is 0 Å². The number of carbonyl (C=O) groups is 2. The molecule has 102 valence electrons. The molecule has 0 spiro atoms. The smallest absolute Gasteiger partial charge is 0.254 e. The Bertz CT molecular complexity index is 538. The molecule has 0 bridgehead atoms. The lowest BCUT2D eigenvalue weighted by Gasteiger charge is -2.21. The van der Waals surface area contributed by atoms with E-state index in [1.54, 1.807) is 0 Å². The standard InChI is InChI=1S/C12H11BrF2N2O2/c13-8-2-1-6(3-9(8)15)12(19)17-5-7(14)4-10(17)11(16)18/h1-3,7,10H,4-5H2,(H2,16,18)/t7-,10+/m1/s1. The molecule has 1 fully saturated rings. The predicted molar refractivity (Wildman–Crippen MR) is 67.6 cm³/mol. The van der Waals surface area contributed by atoms with Crippen molar-refractivity contribution < 1.29 is 18.4 Å². The number of rotatable bonds is 2. The van der Waals surface area contributed by atoms with Crippen molar-refractivity contribution in [3.63, 3.8) is 0 Å². The molecule has 0 aromatic heterocycles. The SMILES string of the molecule is NC(=O)[C@@H]1C[C@@H](F)CN1C(=O)c1ccc(Br)c(F)c1. The molecule has 19 heavy (non-hydrogen) atoms. The second-order valence-corrected chi connectivity index (χ2v) is 5.19. The van der Waals surface area contributed by atoms with Crippen molar-refractivity contribution in [1.29, 1.82) is 0 Å². The van der Waals surface area contributed by atoms with Gasteiger partial charge >= 0.3 is 0 Å². The molecule has 2 amide bonds. The zero-order chi connectivity index (χ0) is 14.2. The Morgan fingerprint density at radius 3 is 2.68 bits per heavy atom. The largest absolute Gasteiger partial charge is 0.368 e. The van der Waals surface area contributed by atoms with E-state index in [1.165, 1.54) is 12.1 Å². The van der Waals surface area contributed by atoms with Gasteiger partial charge in [-0.05, 0) is 34.1 Å². The fraction of sp³-hybridized carbons (Fsp3) is 0.333. The molecule has 0 aliphatic carbocycles. The number of hydrogen-bond acceptors (Lipinski definition) is 2. The number of halogens is 3. The first-order valence-corrected chi connectivity index (χ1v) is 6.39. The van der Waals surface area contributed by atoms with Crippen LogP contribution in [0.4, 0.5) is 8.78 Å². The molecule has 0 unspecified atom stereocenters. The van der Waals surface area contributed by atoms with Crippen LogP contribution in [0.25, 0.3) is 0 Å². The van der Waals surface area contributed by atoms with Crippen LogP contribution in [0.3, 0.4) is 0 Å². The summed E-state index contributed by atoms with van der Waals surface area (Å²) in [5.41, 5.74) is 5.20. The van der Waals surface area contributed by atoms with Crippen LogP contribution in [0.1, 0.15) is 16.8 Å². The molecule has 1 aromatic carbocycles. The number of primary amides is 1. The number of hydrogen-bond donors (Lipinski definition) is 1. The predicted octanol–water partition coefficient (Wildman–Crippen LogP) is 1.63. The van der Waals surface area contributed by atoms with Crippen molar-refractivity contribution in [3.05, 3.63) is 34.1 Å². The van der Waals surface area contributed by atoms with Gasteiger partial charge in [-0.25, -0.2) is 8.78 Å². The lowest BCUT2D eigenvalue weighted by molar-refractivity contribution is -0.121. The summed E-state index contributed by atoms with van der Waals surface area (Å²) in [5, 5.41) is 0. The quantitative estimate of drug-likeness (QED) is 0.894. The Kier molecular flexibility index (Phi) is 3.84. The van der Waals surface area contributed by atoms with Gasteiger partial charge in [0.15, 0.2) is 0 Å². The van der Waals surface area contributed by atoms with Gasteiger partial charge in [0, 0.05) is 12.0 Å². The van der Waals surface area contributed by atoms with E-state index in [4.69, 9.17) is 5.73 Å². The normalized spacial score (nSPS) is 22.6. The van der Waals surface area contributed by atoms with Crippen LogP contribution in [0.5, 0.6) is 0 Å². The first-order valence-electron chi connectivity index (χ1n) is 5.59. The van der Waals surface area contributed by atoms with Gasteiger partial charge in [0.1, 0.15) is 18.0 Å². The minimum absolute atomic E-state index is 0.0565. The lowest BCUT2D eigenvalue weighted by Crippen LogP contribution is -2.43. The number of amides is 2. The number of alkyl halides is 1. The van der Waals surface area contributed by atoms with Gasteiger partial charge in [0.2, 0.25) is 5.91 Å². The van der Waals surface area contributed by atoms with Crippen LogP contribution in [-0.2, 0) is 4.79 Å². The van der Waals surface area contributed by atoms with E-state index in [-0.39, 0.29) is 23.0 Å². The van der Waals surface area contributed by atoms with E-state index in [0.29, 0.717) is 0 Å². The number of nitrogens with two attached hydrogens (primary N) is 1. The number of nitrogens with zero attached hydrogens (tertiary/aromatic N) is 1. The third-order valence-corrected chi connectivity index (χ3v) is 3.65. The van der Waals surface area contributed by atoms with Crippen LogP contribution in [-0.4, -0.2) is 35.5 Å². The van der Waals surface area contributed by atoms with Crippen molar-refractivity contribution in [2.75, 3.05) is 6.54 Å². The molecular weight excluding hydrogens is 322 g/mol. The minimum Gasteiger partial charge on any atom is -0.368 e. The van der Waals surface area contributed by atoms with Crippen LogP contribution < -0.4 is 5.73 Å². The second-order valence-electron chi connectivity index (χ2n) is 4.34. The fourth-order valence-electron chi connectivity index (χ4n) is 2.07. The van der Waals surface area contributed by atoms with Crippen LogP contribution in [0, 0.1) is 5.82 Å². The molecule has 1 aliphatic rings. The summed E-state index contributed by atoms with van der Waals surface area (Å²) >= 11 is 2.97. The molecule has 0 radical (unpaired) electrons. The molecule has 2 rings (SSSR count). The average molecular weight is 333 g/mol. The van der Waals surface area contributed by atoms with E-state index in [0.717, 1.165) is 11.0 Å². The van der Waals surface area contributed by atoms with Gasteiger partial charge in [-0.3, -0.25) is 9.59 Å². The summed E-state index contributed by atoms with van der Waals surface area (Å²) < 4.78 is 26.9. The average Bonchev–Trinajstić information content (AvgIpc) is 2.74. The Balaban J connectivity index is 2.27. The Morgan fingerprint density at radius 1 is 1.42 bits per heavy atom. The van der Waals surface area contributed by atoms with Crippen molar-refractivity contribution in [2.24, 2.45) is 5.73 Å². The van der Waals surface area contributed by atoms with E-state index in [2.05, 4.69) is 15.9 Å². The highest BCUT2D eigenvalue weighted by Gasteiger charge is 2.39. The van der Waals surface area contributed by atoms with Crippen molar-refractivity contribution in [1.82, 2.24) is 4.90 Å². The Hall–Kier alpha value is -1.50. The maximum atomic E-state index is 13.4. The number of likely N-dealkylation sites (tertiary alicyclic amines) is 1. The van der Waals surface area contributed by atoms with Crippen molar-refractivity contribution in [2.45, 2.75) is 18.6 Å². The first kappa shape index (κ1) is 13.9. The van der Waals surface area contributed by atoms with Gasteiger partial charge in [0.25, 0.3) is 5.91 Å². The highest BCUT2D eigenvalue weighted by atomic mass is 79.9. The highest BCUT2D eigenvalue weighted by molar-refractivity contribution is 9.10. The summed E-state index contributed by atoms with van der Waals surface area (Å²) in [6, 6.07) is 2.84. The van der Waals surface area contributed by atoms with E-state index in [1.807, 2.05) is 0 Å². The topological polar surface area (TPSA) is 63.4 Å². The van der Waals surface area contributed by atoms with E-state index in [9.17, 15) is 18.4 Å². The molecule has 1 heterocycles. The van der Waals surface area contributed by atoms with Gasteiger partial charge in [-0.2, -0.15) is 0 Å². The highest BCUT2D eigenvalue weighted by Crippen LogP contribution is 2.24. The fourth-order valence-corrected chi connectivity index (χ4v) is 2.32. The zero-order valence-electron chi connectivity index (χ0n) is 9.78. The lowest BCUT2D eigenvalue weighted by atomic mass is 10.1. The minimum atomic E-state index is -1.29. The van der Waals surface area contributed by atoms with Crippen LogP contribution in [0.2, 0.25) is 0 Å².